The summed E-state index contributed by atoms with van der Waals surface area (Å²) < 4.78 is 39.0. The lowest BCUT2D eigenvalue weighted by molar-refractivity contribution is -0.137. The zero-order valence-electron chi connectivity index (χ0n) is 11.3. The molecule has 0 saturated heterocycles. The second-order valence-electron chi connectivity index (χ2n) is 4.50. The molecular weight excluding hydrogens is 391 g/mol. The molecule has 0 saturated carbocycles. The first-order chi connectivity index (χ1) is 10.0. The van der Waals surface area contributed by atoms with Gasteiger partial charge in [0.15, 0.2) is 5.82 Å². The van der Waals surface area contributed by atoms with E-state index in [9.17, 15) is 23.4 Å². The molecule has 0 aromatic carbocycles. The minimum absolute atomic E-state index is 0.0352. The molecule has 22 heavy (non-hydrogen) atoms. The van der Waals surface area contributed by atoms with Crippen molar-refractivity contribution in [3.8, 4) is 11.8 Å². The number of rotatable bonds is 2. The van der Waals surface area contributed by atoms with Gasteiger partial charge in [-0.15, -0.1) is 0 Å². The maximum atomic E-state index is 12.7. The van der Waals surface area contributed by atoms with Crippen LogP contribution in [0.15, 0.2) is 10.5 Å². The number of alkyl halides is 3. The Morgan fingerprint density at radius 1 is 1.23 bits per heavy atom. The Morgan fingerprint density at radius 2 is 1.73 bits per heavy atom. The van der Waals surface area contributed by atoms with Gasteiger partial charge in [-0.25, -0.2) is 4.98 Å². The Bertz CT molecular complexity index is 721. The minimum Gasteiger partial charge on any atom is -0.493 e. The molecule has 0 aliphatic rings. The van der Waals surface area contributed by atoms with Crippen LogP contribution in [0, 0.1) is 13.8 Å². The topological polar surface area (TPSA) is 70.3 Å². The van der Waals surface area contributed by atoms with E-state index in [-0.39, 0.29) is 22.1 Å². The number of nitrogens with one attached hydrogen (secondary N) is 1. The molecule has 0 aliphatic heterocycles. The van der Waals surface area contributed by atoms with Gasteiger partial charge in [0.2, 0.25) is 11.8 Å². The summed E-state index contributed by atoms with van der Waals surface area (Å²) in [6, 6.07) is 0.759. The number of anilines is 1. The largest absolute Gasteiger partial charge is 0.493 e. The van der Waals surface area contributed by atoms with Gasteiger partial charge in [-0.1, -0.05) is 11.6 Å². The van der Waals surface area contributed by atoms with Crippen molar-refractivity contribution < 1.29 is 23.4 Å². The van der Waals surface area contributed by atoms with Crippen LogP contribution >= 0.6 is 27.5 Å². The molecule has 0 unspecified atom stereocenters. The molecule has 2 heterocycles. The quantitative estimate of drug-likeness (QED) is 0.660. The molecule has 0 spiro atoms. The summed E-state index contributed by atoms with van der Waals surface area (Å²) in [5, 5.41) is 19.0. The first kappa shape index (κ1) is 16.8. The SMILES string of the molecule is Cc1c(C)c(O)n(Nc2nc(Cl)c(C(F)(F)F)cc2Br)c1O. The summed E-state index contributed by atoms with van der Waals surface area (Å²) in [5.41, 5.74) is 2.23. The van der Waals surface area contributed by atoms with E-state index in [1.807, 2.05) is 0 Å². The highest BCUT2D eigenvalue weighted by atomic mass is 79.9. The molecule has 0 bridgehead atoms. The summed E-state index contributed by atoms with van der Waals surface area (Å²) in [6.45, 7) is 3.15. The number of pyridine rings is 1. The van der Waals surface area contributed by atoms with Gasteiger partial charge in [0.1, 0.15) is 5.15 Å². The first-order valence-electron chi connectivity index (χ1n) is 5.84. The van der Waals surface area contributed by atoms with Crippen LogP contribution in [0.2, 0.25) is 5.15 Å². The van der Waals surface area contributed by atoms with E-state index in [1.165, 1.54) is 0 Å². The molecule has 3 N–H and O–H groups in total. The zero-order chi connectivity index (χ0) is 16.8. The van der Waals surface area contributed by atoms with Crippen LogP contribution in [0.3, 0.4) is 0 Å². The highest BCUT2D eigenvalue weighted by Crippen LogP contribution is 2.38. The van der Waals surface area contributed by atoms with E-state index in [0.29, 0.717) is 11.1 Å². The van der Waals surface area contributed by atoms with Crippen molar-refractivity contribution in [1.29, 1.82) is 0 Å². The monoisotopic (exact) mass is 399 g/mol. The van der Waals surface area contributed by atoms with Gasteiger partial charge in [0.05, 0.1) is 10.0 Å². The summed E-state index contributed by atoms with van der Waals surface area (Å²) >= 11 is 8.49. The van der Waals surface area contributed by atoms with Crippen molar-refractivity contribution in [2.24, 2.45) is 0 Å². The highest BCUT2D eigenvalue weighted by Gasteiger charge is 2.35. The fraction of sp³-hybridized carbons (Fsp3) is 0.250. The predicted octanol–water partition coefficient (Wildman–Crippen LogP) is 4.22. The summed E-state index contributed by atoms with van der Waals surface area (Å²) in [4.78, 5) is 3.60. The number of aromatic nitrogens is 2. The van der Waals surface area contributed by atoms with Gasteiger partial charge in [-0.3, -0.25) is 5.43 Å². The smallest absolute Gasteiger partial charge is 0.419 e. The van der Waals surface area contributed by atoms with Crippen molar-refractivity contribution in [3.05, 3.63) is 32.4 Å². The normalized spacial score (nSPS) is 11.8. The molecular formula is C12H10BrClF3N3O2. The van der Waals surface area contributed by atoms with Crippen LogP contribution in [0.4, 0.5) is 19.0 Å². The average Bonchev–Trinajstić information content (AvgIpc) is 2.59. The molecule has 0 amide bonds. The Hall–Kier alpha value is -1.61. The number of hydrogen-bond donors (Lipinski definition) is 3. The van der Waals surface area contributed by atoms with Gasteiger partial charge >= 0.3 is 6.18 Å². The van der Waals surface area contributed by atoms with E-state index >= 15 is 0 Å². The van der Waals surface area contributed by atoms with Gasteiger partial charge < -0.3 is 10.2 Å². The van der Waals surface area contributed by atoms with E-state index in [0.717, 1.165) is 10.7 Å². The molecule has 0 aliphatic carbocycles. The number of halogens is 5. The Morgan fingerprint density at radius 3 is 2.18 bits per heavy atom. The molecule has 2 aromatic rings. The van der Waals surface area contributed by atoms with Crippen molar-refractivity contribution in [1.82, 2.24) is 9.66 Å². The third-order valence-electron chi connectivity index (χ3n) is 3.11. The second kappa shape index (κ2) is 5.54. The third-order valence-corrected chi connectivity index (χ3v) is 4.00. The number of aromatic hydroxyl groups is 2. The number of hydrogen-bond acceptors (Lipinski definition) is 4. The maximum Gasteiger partial charge on any atom is 0.419 e. The van der Waals surface area contributed by atoms with Crippen LogP contribution in [0.5, 0.6) is 11.8 Å². The lowest BCUT2D eigenvalue weighted by atomic mass is 10.2. The van der Waals surface area contributed by atoms with Crippen molar-refractivity contribution in [2.45, 2.75) is 20.0 Å². The molecule has 10 heteroatoms. The Balaban J connectivity index is 2.48. The van der Waals surface area contributed by atoms with Crippen LogP contribution < -0.4 is 5.43 Å². The van der Waals surface area contributed by atoms with Crippen molar-refractivity contribution in [3.63, 3.8) is 0 Å². The van der Waals surface area contributed by atoms with Gasteiger partial charge in [-0.2, -0.15) is 17.8 Å². The summed E-state index contributed by atoms with van der Waals surface area (Å²) in [5.74, 6) is -0.682. The minimum atomic E-state index is -4.64. The van der Waals surface area contributed by atoms with E-state index in [1.54, 1.807) is 13.8 Å². The van der Waals surface area contributed by atoms with Crippen LogP contribution in [-0.4, -0.2) is 19.9 Å². The second-order valence-corrected chi connectivity index (χ2v) is 5.71. The van der Waals surface area contributed by atoms with Gasteiger partial charge in [-0.05, 0) is 35.8 Å². The van der Waals surface area contributed by atoms with E-state index < -0.39 is 16.9 Å². The highest BCUT2D eigenvalue weighted by molar-refractivity contribution is 9.10. The molecule has 0 radical (unpaired) electrons. The molecule has 2 aromatic heterocycles. The number of nitrogens with zero attached hydrogens (tertiary/aromatic N) is 2. The van der Waals surface area contributed by atoms with E-state index in [4.69, 9.17) is 11.6 Å². The molecule has 2 rings (SSSR count). The van der Waals surface area contributed by atoms with Crippen LogP contribution in [0.25, 0.3) is 0 Å². The third kappa shape index (κ3) is 2.82. The standard InChI is InChI=1S/C12H10BrClF3N3O2/c1-4-5(2)11(22)20(10(4)21)19-9-7(13)3-6(8(14)18-9)12(15,16)17/h3,21-22H,1-2H3,(H,18,19). The van der Waals surface area contributed by atoms with Crippen LogP contribution in [-0.2, 0) is 6.18 Å². The molecule has 5 nitrogen and oxygen atoms in total. The lowest BCUT2D eigenvalue weighted by Crippen LogP contribution is -2.13. The first-order valence-corrected chi connectivity index (χ1v) is 7.01. The van der Waals surface area contributed by atoms with Crippen LogP contribution in [0.1, 0.15) is 16.7 Å². The van der Waals surface area contributed by atoms with Crippen molar-refractivity contribution in [2.75, 3.05) is 5.43 Å². The summed E-state index contributed by atoms with van der Waals surface area (Å²) in [7, 11) is 0. The van der Waals surface area contributed by atoms with Gasteiger partial charge in [0.25, 0.3) is 0 Å². The average molecular weight is 401 g/mol. The van der Waals surface area contributed by atoms with Crippen molar-refractivity contribution >= 4 is 33.3 Å². The van der Waals surface area contributed by atoms with E-state index in [2.05, 4.69) is 26.3 Å². The molecule has 0 fully saturated rings. The molecule has 120 valence electrons. The lowest BCUT2D eigenvalue weighted by Gasteiger charge is -2.14. The Kier molecular flexibility index (Phi) is 4.22. The van der Waals surface area contributed by atoms with Gasteiger partial charge in [0, 0.05) is 11.1 Å². The Labute approximate surface area is 136 Å². The zero-order valence-corrected chi connectivity index (χ0v) is 13.6. The fourth-order valence-corrected chi connectivity index (χ4v) is 2.38. The predicted molar refractivity (Wildman–Crippen MR) is 78.2 cm³/mol. The fourth-order valence-electron chi connectivity index (χ4n) is 1.73. The summed E-state index contributed by atoms with van der Waals surface area (Å²) in [6.07, 6.45) is -4.64. The maximum absolute atomic E-state index is 12.7. The molecule has 0 atom stereocenters.